The first kappa shape index (κ1) is 13.9. The lowest BCUT2D eigenvalue weighted by atomic mass is 9.65. The fourth-order valence-electron chi connectivity index (χ4n) is 4.39. The van der Waals surface area contributed by atoms with Crippen molar-refractivity contribution in [1.82, 2.24) is 9.88 Å². The van der Waals surface area contributed by atoms with Crippen LogP contribution in [0.5, 0.6) is 0 Å². The highest BCUT2D eigenvalue weighted by atomic mass is 35.5. The summed E-state index contributed by atoms with van der Waals surface area (Å²) < 4.78 is 0. The van der Waals surface area contributed by atoms with E-state index in [1.807, 2.05) is 4.90 Å². The molecule has 2 atom stereocenters. The quantitative estimate of drug-likeness (QED) is 0.789. The van der Waals surface area contributed by atoms with Crippen molar-refractivity contribution in [3.8, 4) is 0 Å². The molecule has 2 aliphatic rings. The summed E-state index contributed by atoms with van der Waals surface area (Å²) in [6.07, 6.45) is 6.57. The standard InChI is InChI=1S/C16H21ClN2O/c1-15(2)6-11-7-16(3,9-15)10-19(11)14(20)12-8-18-5-4-13(12)17/h4-5,8,11H,6-7,9-10H2,1-3H3. The normalized spacial score (nSPS) is 31.4. The molecule has 2 bridgehead atoms. The van der Waals surface area contributed by atoms with Gasteiger partial charge in [-0.1, -0.05) is 32.4 Å². The molecule has 108 valence electrons. The Hall–Kier alpha value is -1.09. The van der Waals surface area contributed by atoms with Gasteiger partial charge in [-0.05, 0) is 36.2 Å². The molecule has 1 amide bonds. The summed E-state index contributed by atoms with van der Waals surface area (Å²) in [7, 11) is 0. The van der Waals surface area contributed by atoms with E-state index in [1.165, 1.54) is 6.42 Å². The number of hydrogen-bond acceptors (Lipinski definition) is 2. The van der Waals surface area contributed by atoms with Crippen LogP contribution in [0.15, 0.2) is 18.5 Å². The Bertz CT molecular complexity index is 557. The molecule has 1 aliphatic carbocycles. The highest BCUT2D eigenvalue weighted by Crippen LogP contribution is 2.52. The Morgan fingerprint density at radius 2 is 2.15 bits per heavy atom. The molecule has 1 aliphatic heterocycles. The summed E-state index contributed by atoms with van der Waals surface area (Å²) in [5, 5.41) is 0.496. The predicted molar refractivity (Wildman–Crippen MR) is 79.8 cm³/mol. The zero-order valence-corrected chi connectivity index (χ0v) is 13.1. The lowest BCUT2D eigenvalue weighted by Crippen LogP contribution is -2.37. The Kier molecular flexibility index (Phi) is 3.09. The molecule has 1 saturated carbocycles. The maximum atomic E-state index is 12.8. The molecule has 2 fully saturated rings. The van der Waals surface area contributed by atoms with E-state index in [2.05, 4.69) is 25.8 Å². The minimum atomic E-state index is 0.0366. The van der Waals surface area contributed by atoms with Gasteiger partial charge in [0.25, 0.3) is 5.91 Å². The number of carbonyl (C=O) groups excluding carboxylic acids is 1. The number of fused-ring (bicyclic) bond motifs is 2. The first-order valence-corrected chi connectivity index (χ1v) is 7.58. The Morgan fingerprint density at radius 1 is 1.40 bits per heavy atom. The van der Waals surface area contributed by atoms with Gasteiger partial charge in [0.05, 0.1) is 10.6 Å². The van der Waals surface area contributed by atoms with Gasteiger partial charge >= 0.3 is 0 Å². The Labute approximate surface area is 125 Å². The van der Waals surface area contributed by atoms with E-state index in [4.69, 9.17) is 11.6 Å². The summed E-state index contributed by atoms with van der Waals surface area (Å²) in [5.74, 6) is 0.0366. The second kappa shape index (κ2) is 4.45. The second-order valence-electron chi connectivity index (χ2n) is 7.50. The number of rotatable bonds is 1. The van der Waals surface area contributed by atoms with E-state index < -0.39 is 0 Å². The van der Waals surface area contributed by atoms with Crippen LogP contribution in [0, 0.1) is 10.8 Å². The number of aromatic nitrogens is 1. The third-order valence-electron chi connectivity index (χ3n) is 4.67. The van der Waals surface area contributed by atoms with Gasteiger partial charge < -0.3 is 4.90 Å². The molecule has 1 aromatic heterocycles. The molecule has 0 radical (unpaired) electrons. The van der Waals surface area contributed by atoms with Crippen LogP contribution >= 0.6 is 11.6 Å². The molecule has 4 heteroatoms. The monoisotopic (exact) mass is 292 g/mol. The third kappa shape index (κ3) is 2.32. The summed E-state index contributed by atoms with van der Waals surface area (Å²) in [6, 6.07) is 2.02. The first-order valence-electron chi connectivity index (χ1n) is 7.20. The molecule has 1 saturated heterocycles. The van der Waals surface area contributed by atoms with Crippen LogP contribution in [-0.2, 0) is 0 Å². The van der Waals surface area contributed by atoms with Gasteiger partial charge in [0.1, 0.15) is 0 Å². The van der Waals surface area contributed by atoms with E-state index >= 15 is 0 Å². The van der Waals surface area contributed by atoms with Crippen molar-refractivity contribution in [2.45, 2.75) is 46.1 Å². The van der Waals surface area contributed by atoms with Crippen LogP contribution in [-0.4, -0.2) is 28.4 Å². The fourth-order valence-corrected chi connectivity index (χ4v) is 4.57. The second-order valence-corrected chi connectivity index (χ2v) is 7.91. The minimum absolute atomic E-state index is 0.0366. The first-order chi connectivity index (χ1) is 9.30. The summed E-state index contributed by atoms with van der Waals surface area (Å²) in [5.41, 5.74) is 1.09. The van der Waals surface area contributed by atoms with Crippen molar-refractivity contribution in [2.24, 2.45) is 10.8 Å². The lowest BCUT2D eigenvalue weighted by molar-refractivity contribution is 0.0708. The lowest BCUT2D eigenvalue weighted by Gasteiger charge is -2.39. The highest BCUT2D eigenvalue weighted by molar-refractivity contribution is 6.33. The van der Waals surface area contributed by atoms with Crippen molar-refractivity contribution in [1.29, 1.82) is 0 Å². The molecule has 2 heterocycles. The van der Waals surface area contributed by atoms with Gasteiger partial charge in [-0.15, -0.1) is 0 Å². The molecule has 2 unspecified atom stereocenters. The SMILES string of the molecule is CC1(C)CC2CC(C)(CN2C(=O)c2cnccc2Cl)C1. The van der Waals surface area contributed by atoms with Crippen LogP contribution in [0.4, 0.5) is 0 Å². The number of amides is 1. The maximum Gasteiger partial charge on any atom is 0.257 e. The van der Waals surface area contributed by atoms with Gasteiger partial charge in [-0.3, -0.25) is 9.78 Å². The number of pyridine rings is 1. The number of carbonyl (C=O) groups is 1. The van der Waals surface area contributed by atoms with Crippen molar-refractivity contribution in [3.63, 3.8) is 0 Å². The zero-order chi connectivity index (χ0) is 14.5. The number of nitrogens with zero attached hydrogens (tertiary/aromatic N) is 2. The summed E-state index contributed by atoms with van der Waals surface area (Å²) >= 11 is 6.14. The van der Waals surface area contributed by atoms with Crippen LogP contribution in [0.25, 0.3) is 0 Å². The average Bonchev–Trinajstić information content (AvgIpc) is 2.58. The smallest absolute Gasteiger partial charge is 0.257 e. The molecular weight excluding hydrogens is 272 g/mol. The van der Waals surface area contributed by atoms with Gasteiger partial charge in [0.2, 0.25) is 0 Å². The topological polar surface area (TPSA) is 33.2 Å². The highest BCUT2D eigenvalue weighted by Gasteiger charge is 2.51. The number of halogens is 1. The van der Waals surface area contributed by atoms with E-state index in [0.717, 1.165) is 19.4 Å². The van der Waals surface area contributed by atoms with E-state index in [1.54, 1.807) is 18.5 Å². The van der Waals surface area contributed by atoms with Crippen molar-refractivity contribution < 1.29 is 4.79 Å². The zero-order valence-electron chi connectivity index (χ0n) is 12.3. The number of hydrogen-bond donors (Lipinski definition) is 0. The summed E-state index contributed by atoms with van der Waals surface area (Å²) in [4.78, 5) is 18.8. The third-order valence-corrected chi connectivity index (χ3v) is 5.00. The van der Waals surface area contributed by atoms with Gasteiger partial charge in [0.15, 0.2) is 0 Å². The molecule has 0 aromatic carbocycles. The Morgan fingerprint density at radius 3 is 2.85 bits per heavy atom. The van der Waals surface area contributed by atoms with E-state index in [0.29, 0.717) is 22.0 Å². The van der Waals surface area contributed by atoms with Gasteiger partial charge in [-0.2, -0.15) is 0 Å². The predicted octanol–water partition coefficient (Wildman–Crippen LogP) is 3.78. The minimum Gasteiger partial charge on any atom is -0.335 e. The molecule has 20 heavy (non-hydrogen) atoms. The maximum absolute atomic E-state index is 12.8. The van der Waals surface area contributed by atoms with E-state index in [-0.39, 0.29) is 11.3 Å². The van der Waals surface area contributed by atoms with Gasteiger partial charge in [-0.25, -0.2) is 0 Å². The molecule has 1 aromatic rings. The van der Waals surface area contributed by atoms with E-state index in [9.17, 15) is 4.79 Å². The van der Waals surface area contributed by atoms with Crippen LogP contribution in [0.2, 0.25) is 5.02 Å². The van der Waals surface area contributed by atoms with Crippen LogP contribution in [0.1, 0.15) is 50.4 Å². The molecule has 3 nitrogen and oxygen atoms in total. The van der Waals surface area contributed by atoms with Crippen LogP contribution in [0.3, 0.4) is 0 Å². The van der Waals surface area contributed by atoms with Crippen molar-refractivity contribution in [3.05, 3.63) is 29.0 Å². The fraction of sp³-hybridized carbons (Fsp3) is 0.625. The molecule has 3 rings (SSSR count). The molecular formula is C16H21ClN2O. The molecule has 0 spiro atoms. The van der Waals surface area contributed by atoms with Gasteiger partial charge in [0, 0.05) is 25.0 Å². The number of likely N-dealkylation sites (tertiary alicyclic amines) is 1. The van der Waals surface area contributed by atoms with Crippen LogP contribution < -0.4 is 0 Å². The Balaban J connectivity index is 1.89. The average molecular weight is 293 g/mol. The van der Waals surface area contributed by atoms with Crippen molar-refractivity contribution >= 4 is 17.5 Å². The summed E-state index contributed by atoms with van der Waals surface area (Å²) in [6.45, 7) is 7.76. The van der Waals surface area contributed by atoms with Crippen molar-refractivity contribution in [2.75, 3.05) is 6.54 Å². The molecule has 0 N–H and O–H groups in total. The largest absolute Gasteiger partial charge is 0.335 e.